The third-order valence-electron chi connectivity index (χ3n) is 13.7. The predicted octanol–water partition coefficient (Wildman–Crippen LogP) is 6.93. The normalized spacial score (nSPS) is 36.5. The topological polar surface area (TPSA) is 141 Å². The molecule has 4 aliphatic rings. The summed E-state index contributed by atoms with van der Waals surface area (Å²) in [5.74, 6) is -2.32. The Kier molecular flexibility index (Phi) is 9.86. The zero-order valence-electron chi connectivity index (χ0n) is 28.7. The van der Waals surface area contributed by atoms with Gasteiger partial charge in [0.2, 0.25) is 0 Å². The minimum atomic E-state index is -1.65. The fourth-order valence-electron chi connectivity index (χ4n) is 10.8. The van der Waals surface area contributed by atoms with Crippen molar-refractivity contribution in [3.05, 3.63) is 23.3 Å². The number of rotatable bonds is 12. The van der Waals surface area contributed by atoms with Crippen LogP contribution in [0.2, 0.25) is 0 Å². The molecule has 8 heteroatoms. The highest BCUT2D eigenvalue weighted by Crippen LogP contribution is 2.72. The van der Waals surface area contributed by atoms with E-state index in [1.807, 2.05) is 0 Å². The van der Waals surface area contributed by atoms with Crippen molar-refractivity contribution in [2.24, 2.45) is 45.3 Å². The molecule has 9 atom stereocenters. The van der Waals surface area contributed by atoms with Gasteiger partial charge in [0, 0.05) is 12.0 Å². The smallest absolute Gasteiger partial charge is 0.310 e. The van der Waals surface area contributed by atoms with Crippen LogP contribution >= 0.6 is 0 Å². The van der Waals surface area contributed by atoms with E-state index in [2.05, 4.69) is 41.2 Å². The summed E-state index contributed by atoms with van der Waals surface area (Å²) in [6.45, 7) is 19.0. The summed E-state index contributed by atoms with van der Waals surface area (Å²) in [5, 5.41) is 39.5. The Morgan fingerprint density at radius 2 is 1.64 bits per heavy atom. The van der Waals surface area contributed by atoms with Gasteiger partial charge < -0.3 is 25.2 Å². The van der Waals surface area contributed by atoms with Crippen molar-refractivity contribution in [3.63, 3.8) is 0 Å². The number of aliphatic hydroxyl groups excluding tert-OH is 1. The summed E-state index contributed by atoms with van der Waals surface area (Å²) in [4.78, 5) is 35.5. The molecule has 45 heavy (non-hydrogen) atoms. The number of carbonyl (C=O) groups is 3. The molecule has 0 bridgehead atoms. The summed E-state index contributed by atoms with van der Waals surface area (Å²) in [7, 11) is 0. The lowest BCUT2D eigenvalue weighted by Crippen LogP contribution is -2.56. The van der Waals surface area contributed by atoms with E-state index in [0.717, 1.165) is 63.4 Å². The first-order chi connectivity index (χ1) is 20.7. The summed E-state index contributed by atoms with van der Waals surface area (Å²) < 4.78 is 6.01. The summed E-state index contributed by atoms with van der Waals surface area (Å²) >= 11 is 0. The predicted molar refractivity (Wildman–Crippen MR) is 172 cm³/mol. The highest BCUT2D eigenvalue weighted by molar-refractivity contribution is 5.74. The molecule has 0 aliphatic heterocycles. The maximum Gasteiger partial charge on any atom is 0.310 e. The Balaban J connectivity index is 1.53. The summed E-state index contributed by atoms with van der Waals surface area (Å²) in [6, 6.07) is 0. The van der Waals surface area contributed by atoms with Crippen LogP contribution in [-0.2, 0) is 19.1 Å². The van der Waals surface area contributed by atoms with E-state index >= 15 is 0 Å². The van der Waals surface area contributed by atoms with Crippen molar-refractivity contribution >= 4 is 17.9 Å². The number of ether oxygens (including phenoxy) is 1. The van der Waals surface area contributed by atoms with Gasteiger partial charge in [-0.15, -0.1) is 0 Å². The van der Waals surface area contributed by atoms with Gasteiger partial charge in [-0.2, -0.15) is 0 Å². The van der Waals surface area contributed by atoms with Crippen LogP contribution in [0.15, 0.2) is 23.3 Å². The van der Waals surface area contributed by atoms with Crippen LogP contribution in [0.1, 0.15) is 126 Å². The first-order valence-electron chi connectivity index (χ1n) is 17.1. The van der Waals surface area contributed by atoms with Crippen molar-refractivity contribution in [1.82, 2.24) is 0 Å². The van der Waals surface area contributed by atoms with E-state index < -0.39 is 35.8 Å². The Hall–Kier alpha value is -2.19. The third-order valence-corrected chi connectivity index (χ3v) is 13.7. The number of esters is 1. The van der Waals surface area contributed by atoms with Crippen LogP contribution < -0.4 is 0 Å². The molecule has 9 unspecified atom stereocenters. The maximum atomic E-state index is 12.9. The second kappa shape index (κ2) is 12.4. The van der Waals surface area contributed by atoms with Gasteiger partial charge in [-0.25, -0.2) is 0 Å². The van der Waals surface area contributed by atoms with Gasteiger partial charge >= 0.3 is 17.9 Å². The van der Waals surface area contributed by atoms with Gasteiger partial charge in [-0.1, -0.05) is 57.9 Å². The molecule has 4 rings (SSSR count). The van der Waals surface area contributed by atoms with Crippen LogP contribution in [-0.4, -0.2) is 56.6 Å². The number of aliphatic hydroxyl groups is 2. The van der Waals surface area contributed by atoms with E-state index in [0.29, 0.717) is 18.3 Å². The number of carboxylic acid groups (broad SMARTS) is 2. The van der Waals surface area contributed by atoms with Crippen molar-refractivity contribution < 1.29 is 39.5 Å². The average Bonchev–Trinajstić information content (AvgIpc) is 3.20. The Bertz CT molecular complexity index is 1230. The molecule has 4 aliphatic carbocycles. The Labute approximate surface area is 269 Å². The quantitative estimate of drug-likeness (QED) is 0.134. The SMILES string of the molecule is C=C(CCC(CO)C1CCC2(C)C3=C(CCC12C)C1(C)CCC(OC(=O)CC(C)(O)CC(=O)O)C(C)(C)C1CC3)C(C)C(=O)O. The monoisotopic (exact) mass is 630 g/mol. The first kappa shape index (κ1) is 35.7. The molecule has 0 radical (unpaired) electrons. The minimum absolute atomic E-state index is 0.00168. The number of hydrogen-bond donors (Lipinski definition) is 4. The van der Waals surface area contributed by atoms with Crippen molar-refractivity contribution in [3.8, 4) is 0 Å². The number of aliphatic carboxylic acids is 2. The molecule has 0 aromatic rings. The molecule has 0 aromatic heterocycles. The third kappa shape index (κ3) is 6.27. The Morgan fingerprint density at radius 3 is 2.24 bits per heavy atom. The molecule has 2 fully saturated rings. The van der Waals surface area contributed by atoms with Crippen LogP contribution in [0.4, 0.5) is 0 Å². The number of fused-ring (bicyclic) bond motifs is 4. The fourth-order valence-corrected chi connectivity index (χ4v) is 10.8. The van der Waals surface area contributed by atoms with Crippen molar-refractivity contribution in [1.29, 1.82) is 0 Å². The van der Waals surface area contributed by atoms with Gasteiger partial charge in [0.25, 0.3) is 0 Å². The average molecular weight is 631 g/mol. The van der Waals surface area contributed by atoms with E-state index in [1.165, 1.54) is 6.92 Å². The number of carboxylic acids is 2. The van der Waals surface area contributed by atoms with Crippen LogP contribution in [0.3, 0.4) is 0 Å². The highest BCUT2D eigenvalue weighted by Gasteiger charge is 2.64. The van der Waals surface area contributed by atoms with Crippen LogP contribution in [0, 0.1) is 45.3 Å². The number of allylic oxidation sites excluding steroid dienone is 2. The lowest BCUT2D eigenvalue weighted by atomic mass is 9.43. The molecule has 0 aromatic carbocycles. The lowest BCUT2D eigenvalue weighted by Gasteiger charge is -2.62. The molecule has 0 spiro atoms. The van der Waals surface area contributed by atoms with Crippen LogP contribution in [0.5, 0.6) is 0 Å². The van der Waals surface area contributed by atoms with Crippen LogP contribution in [0.25, 0.3) is 0 Å². The molecular weight excluding hydrogens is 572 g/mol. The number of hydrogen-bond acceptors (Lipinski definition) is 6. The molecule has 2 saturated carbocycles. The van der Waals surface area contributed by atoms with E-state index in [4.69, 9.17) is 9.84 Å². The fraction of sp³-hybridized carbons (Fsp3) is 0.811. The van der Waals surface area contributed by atoms with Gasteiger partial charge in [0.05, 0.1) is 24.4 Å². The largest absolute Gasteiger partial charge is 0.481 e. The second-order valence-corrected chi connectivity index (χ2v) is 16.6. The first-order valence-corrected chi connectivity index (χ1v) is 17.1. The molecule has 8 nitrogen and oxygen atoms in total. The molecule has 254 valence electrons. The molecule has 0 heterocycles. The van der Waals surface area contributed by atoms with Gasteiger partial charge in [-0.05, 0) is 112 Å². The van der Waals surface area contributed by atoms with Gasteiger partial charge in [-0.3, -0.25) is 14.4 Å². The molecule has 0 amide bonds. The molecule has 0 saturated heterocycles. The molecule has 4 N–H and O–H groups in total. The second-order valence-electron chi connectivity index (χ2n) is 16.6. The highest BCUT2D eigenvalue weighted by atomic mass is 16.5. The van der Waals surface area contributed by atoms with Crippen molar-refractivity contribution in [2.75, 3.05) is 6.61 Å². The van der Waals surface area contributed by atoms with E-state index in [1.54, 1.807) is 18.1 Å². The van der Waals surface area contributed by atoms with E-state index in [9.17, 15) is 29.7 Å². The van der Waals surface area contributed by atoms with Gasteiger partial charge in [0.15, 0.2) is 0 Å². The van der Waals surface area contributed by atoms with Crippen molar-refractivity contribution in [2.45, 2.75) is 137 Å². The maximum absolute atomic E-state index is 12.9. The van der Waals surface area contributed by atoms with Gasteiger partial charge in [0.1, 0.15) is 6.10 Å². The lowest BCUT2D eigenvalue weighted by molar-refractivity contribution is -0.174. The standard InChI is InChI=1S/C37H58O8/c1-22(23(2)32(42)43)9-10-24(21-38)25-13-17-37(8)27-11-12-28-33(3,4)29(45-31(41)20-34(5,44)19-30(39)40)15-16-35(28,6)26(27)14-18-36(25,37)7/h23-25,28-29,38,44H,1,9-21H2,2-8H3,(H,39,40)(H,42,43). The zero-order valence-corrected chi connectivity index (χ0v) is 28.7. The summed E-state index contributed by atoms with van der Waals surface area (Å²) in [6.07, 6.45) is 8.16. The summed E-state index contributed by atoms with van der Waals surface area (Å²) in [5.41, 5.74) is 2.11. The minimum Gasteiger partial charge on any atom is -0.481 e. The Morgan fingerprint density at radius 1 is 0.978 bits per heavy atom. The zero-order chi connectivity index (χ0) is 33.8. The number of carbonyl (C=O) groups excluding carboxylic acids is 1. The van der Waals surface area contributed by atoms with E-state index in [-0.39, 0.29) is 46.7 Å². The molecular formula is C37H58O8.